The summed E-state index contributed by atoms with van der Waals surface area (Å²) in [6.07, 6.45) is 4.29. The molecule has 0 aliphatic carbocycles. The molecule has 1 aromatic carbocycles. The van der Waals surface area contributed by atoms with Crippen molar-refractivity contribution in [1.82, 2.24) is 15.0 Å². The number of hydrogen-bond donors (Lipinski definition) is 0. The van der Waals surface area contributed by atoms with Crippen LogP contribution in [0.5, 0.6) is 0 Å². The van der Waals surface area contributed by atoms with E-state index in [4.69, 9.17) is 16.1 Å². The van der Waals surface area contributed by atoms with Gasteiger partial charge in [-0.05, 0) is 31.4 Å². The molecule has 1 aromatic heterocycles. The molecule has 0 spiro atoms. The first-order valence-corrected chi connectivity index (χ1v) is 7.97. The number of aryl methyl sites for hydroxylation is 1. The quantitative estimate of drug-likeness (QED) is 0.867. The Labute approximate surface area is 134 Å². The number of piperidine rings is 1. The highest BCUT2D eigenvalue weighted by Crippen LogP contribution is 2.25. The summed E-state index contributed by atoms with van der Waals surface area (Å²) < 4.78 is 5.22. The van der Waals surface area contributed by atoms with Crippen LogP contribution in [0.3, 0.4) is 0 Å². The molecule has 0 bridgehead atoms. The summed E-state index contributed by atoms with van der Waals surface area (Å²) in [6.45, 7) is 1.74. The monoisotopic (exact) mass is 319 g/mol. The highest BCUT2D eigenvalue weighted by atomic mass is 35.5. The fourth-order valence-corrected chi connectivity index (χ4v) is 2.84. The van der Waals surface area contributed by atoms with E-state index in [9.17, 15) is 4.79 Å². The van der Waals surface area contributed by atoms with Crippen molar-refractivity contribution in [1.29, 1.82) is 0 Å². The van der Waals surface area contributed by atoms with Crippen LogP contribution in [0.4, 0.5) is 0 Å². The minimum Gasteiger partial charge on any atom is -0.343 e. The predicted molar refractivity (Wildman–Crippen MR) is 83.5 cm³/mol. The van der Waals surface area contributed by atoms with E-state index >= 15 is 0 Å². The van der Waals surface area contributed by atoms with Crippen LogP contribution in [0.25, 0.3) is 11.4 Å². The average Bonchev–Trinajstić information content (AvgIpc) is 3.02. The van der Waals surface area contributed by atoms with Crippen LogP contribution in [0.2, 0.25) is 5.02 Å². The third kappa shape index (κ3) is 3.47. The van der Waals surface area contributed by atoms with E-state index in [1.54, 1.807) is 6.07 Å². The highest BCUT2D eigenvalue weighted by molar-refractivity contribution is 6.33. The van der Waals surface area contributed by atoms with Gasteiger partial charge in [0.25, 0.3) is 0 Å². The van der Waals surface area contributed by atoms with Crippen molar-refractivity contribution < 1.29 is 9.32 Å². The van der Waals surface area contributed by atoms with Gasteiger partial charge >= 0.3 is 0 Å². The summed E-state index contributed by atoms with van der Waals surface area (Å²) in [6, 6.07) is 7.35. The molecule has 0 atom stereocenters. The van der Waals surface area contributed by atoms with Crippen LogP contribution in [0.1, 0.15) is 31.6 Å². The van der Waals surface area contributed by atoms with E-state index in [0.29, 0.717) is 29.6 Å². The van der Waals surface area contributed by atoms with Crippen LogP contribution in [-0.2, 0) is 11.2 Å². The number of benzene rings is 1. The molecule has 1 amide bonds. The number of nitrogens with zero attached hydrogens (tertiary/aromatic N) is 3. The van der Waals surface area contributed by atoms with Gasteiger partial charge in [0.1, 0.15) is 0 Å². The van der Waals surface area contributed by atoms with Gasteiger partial charge in [-0.25, -0.2) is 0 Å². The second kappa shape index (κ2) is 6.92. The lowest BCUT2D eigenvalue weighted by Crippen LogP contribution is -2.35. The number of halogens is 1. The van der Waals surface area contributed by atoms with Crippen LogP contribution in [0, 0.1) is 0 Å². The molecule has 22 heavy (non-hydrogen) atoms. The third-order valence-corrected chi connectivity index (χ3v) is 4.17. The van der Waals surface area contributed by atoms with Crippen LogP contribution in [0.15, 0.2) is 28.8 Å². The molecule has 2 aromatic rings. The van der Waals surface area contributed by atoms with E-state index in [-0.39, 0.29) is 5.91 Å². The van der Waals surface area contributed by atoms with Gasteiger partial charge in [0.05, 0.1) is 5.02 Å². The molecule has 116 valence electrons. The molecule has 0 N–H and O–H groups in total. The average molecular weight is 320 g/mol. The summed E-state index contributed by atoms with van der Waals surface area (Å²) in [5.74, 6) is 1.10. The molecule has 3 rings (SSSR count). The van der Waals surface area contributed by atoms with Crippen molar-refractivity contribution in [3.8, 4) is 11.4 Å². The Balaban J connectivity index is 1.60. The molecule has 0 saturated carbocycles. The minimum atomic E-state index is 0.164. The smallest absolute Gasteiger partial charge is 0.227 e. The first kappa shape index (κ1) is 15.0. The Bertz CT molecular complexity index is 650. The van der Waals surface area contributed by atoms with Crippen LogP contribution < -0.4 is 0 Å². The lowest BCUT2D eigenvalue weighted by molar-refractivity contribution is -0.132. The molecular weight excluding hydrogens is 302 g/mol. The third-order valence-electron chi connectivity index (χ3n) is 3.84. The number of amides is 1. The van der Waals surface area contributed by atoms with E-state index in [2.05, 4.69) is 10.1 Å². The van der Waals surface area contributed by atoms with Crippen molar-refractivity contribution in [2.45, 2.75) is 32.1 Å². The van der Waals surface area contributed by atoms with Crippen molar-refractivity contribution in [3.63, 3.8) is 0 Å². The summed E-state index contributed by atoms with van der Waals surface area (Å²) in [5, 5.41) is 4.52. The Morgan fingerprint density at radius 3 is 2.77 bits per heavy atom. The van der Waals surface area contributed by atoms with Crippen LogP contribution >= 0.6 is 11.6 Å². The van der Waals surface area contributed by atoms with Crippen molar-refractivity contribution >= 4 is 17.5 Å². The number of rotatable bonds is 4. The Kier molecular flexibility index (Phi) is 4.73. The van der Waals surface area contributed by atoms with Crippen molar-refractivity contribution in [2.24, 2.45) is 0 Å². The first-order chi connectivity index (χ1) is 10.7. The highest BCUT2D eigenvalue weighted by Gasteiger charge is 2.18. The maximum Gasteiger partial charge on any atom is 0.227 e. The van der Waals surface area contributed by atoms with E-state index in [1.807, 2.05) is 23.1 Å². The van der Waals surface area contributed by atoms with Gasteiger partial charge in [0.2, 0.25) is 17.6 Å². The molecular formula is C16H18ClN3O2. The Hall–Kier alpha value is -1.88. The molecule has 2 heterocycles. The molecule has 1 saturated heterocycles. The number of hydrogen-bond acceptors (Lipinski definition) is 4. The Morgan fingerprint density at radius 2 is 2.00 bits per heavy atom. The lowest BCUT2D eigenvalue weighted by atomic mass is 10.1. The zero-order chi connectivity index (χ0) is 15.4. The van der Waals surface area contributed by atoms with Crippen LogP contribution in [-0.4, -0.2) is 34.0 Å². The van der Waals surface area contributed by atoms with Gasteiger partial charge in [-0.15, -0.1) is 0 Å². The standard InChI is InChI=1S/C16H18ClN3O2/c17-13-7-3-2-6-12(13)16-18-14(22-19-16)8-9-15(21)20-10-4-1-5-11-20/h2-3,6-7H,1,4-5,8-11H2. The second-order valence-corrected chi connectivity index (χ2v) is 5.84. The van der Waals surface area contributed by atoms with E-state index < -0.39 is 0 Å². The maximum atomic E-state index is 12.1. The minimum absolute atomic E-state index is 0.164. The van der Waals surface area contributed by atoms with Gasteiger partial charge in [0, 0.05) is 31.5 Å². The van der Waals surface area contributed by atoms with Crippen molar-refractivity contribution in [2.75, 3.05) is 13.1 Å². The van der Waals surface area contributed by atoms with E-state index in [0.717, 1.165) is 31.5 Å². The number of likely N-dealkylation sites (tertiary alicyclic amines) is 1. The maximum absolute atomic E-state index is 12.1. The summed E-state index contributed by atoms with van der Waals surface area (Å²) >= 11 is 6.11. The van der Waals surface area contributed by atoms with E-state index in [1.165, 1.54) is 6.42 Å². The number of aromatic nitrogens is 2. The lowest BCUT2D eigenvalue weighted by Gasteiger charge is -2.26. The Morgan fingerprint density at radius 1 is 1.23 bits per heavy atom. The molecule has 0 unspecified atom stereocenters. The fourth-order valence-electron chi connectivity index (χ4n) is 2.62. The van der Waals surface area contributed by atoms with Gasteiger partial charge < -0.3 is 9.42 Å². The van der Waals surface area contributed by atoms with Gasteiger partial charge in [-0.3, -0.25) is 4.79 Å². The zero-order valence-electron chi connectivity index (χ0n) is 12.3. The zero-order valence-corrected chi connectivity index (χ0v) is 13.1. The largest absolute Gasteiger partial charge is 0.343 e. The van der Waals surface area contributed by atoms with Gasteiger partial charge in [0.15, 0.2) is 0 Å². The molecule has 0 radical (unpaired) electrons. The number of carbonyl (C=O) groups is 1. The summed E-state index contributed by atoms with van der Waals surface area (Å²) in [4.78, 5) is 18.4. The summed E-state index contributed by atoms with van der Waals surface area (Å²) in [5.41, 5.74) is 0.738. The molecule has 1 aliphatic rings. The first-order valence-electron chi connectivity index (χ1n) is 7.59. The second-order valence-electron chi connectivity index (χ2n) is 5.43. The molecule has 1 aliphatic heterocycles. The van der Waals surface area contributed by atoms with Gasteiger partial charge in [-0.2, -0.15) is 4.98 Å². The van der Waals surface area contributed by atoms with Crippen molar-refractivity contribution in [3.05, 3.63) is 35.2 Å². The normalized spacial score (nSPS) is 15.0. The SMILES string of the molecule is O=C(CCc1nc(-c2ccccc2Cl)no1)N1CCCCC1. The van der Waals surface area contributed by atoms with Gasteiger partial charge in [-0.1, -0.05) is 28.9 Å². The predicted octanol–water partition coefficient (Wildman–Crippen LogP) is 3.34. The summed E-state index contributed by atoms with van der Waals surface area (Å²) in [7, 11) is 0. The molecule has 6 heteroatoms. The fraction of sp³-hybridized carbons (Fsp3) is 0.438. The topological polar surface area (TPSA) is 59.2 Å². The molecule has 5 nitrogen and oxygen atoms in total. The number of carbonyl (C=O) groups excluding carboxylic acids is 1. The molecule has 1 fully saturated rings.